The van der Waals surface area contributed by atoms with Crippen molar-refractivity contribution in [2.75, 3.05) is 11.9 Å². The minimum atomic E-state index is -4.83. The number of carbonyl (C=O) groups excluding carboxylic acids is 1. The summed E-state index contributed by atoms with van der Waals surface area (Å²) in [5, 5.41) is 18.6. The third kappa shape index (κ3) is 5.97. The lowest BCUT2D eigenvalue weighted by atomic mass is 10.0. The van der Waals surface area contributed by atoms with Crippen molar-refractivity contribution in [1.82, 2.24) is 20.1 Å². The fraction of sp³-hybridized carbons (Fsp3) is 0.214. The quantitative estimate of drug-likeness (QED) is 0.286. The summed E-state index contributed by atoms with van der Waals surface area (Å²) in [6, 6.07) is 17.4. The lowest BCUT2D eigenvalue weighted by molar-refractivity contribution is -0.141. The van der Waals surface area contributed by atoms with Crippen molar-refractivity contribution in [2.45, 2.75) is 25.1 Å². The lowest BCUT2D eigenvalue weighted by Gasteiger charge is -2.20. The standard InChI is InChI=1S/C28H22F4N6O/c29-21-10-9-19(26(35-16-17-7-8-17)22-6-1-2-11-34-22)13-23(21)36-27(39)24-14-25(28(30,31)32)37-38(24)20-5-3-4-18(12-20)15-33/h1-6,9-14,17,26,35H,7-8,16H2,(H,36,39). The van der Waals surface area contributed by atoms with Crippen molar-refractivity contribution in [3.63, 3.8) is 0 Å². The molecule has 5 rings (SSSR count). The second kappa shape index (κ2) is 10.7. The number of pyridine rings is 1. The van der Waals surface area contributed by atoms with Gasteiger partial charge in [-0.15, -0.1) is 0 Å². The molecule has 1 atom stereocenters. The first-order valence-electron chi connectivity index (χ1n) is 12.2. The Morgan fingerprint density at radius 3 is 2.62 bits per heavy atom. The number of benzene rings is 2. The largest absolute Gasteiger partial charge is 0.435 e. The Kier molecular flexibility index (Phi) is 7.13. The van der Waals surface area contributed by atoms with Crippen LogP contribution in [0.2, 0.25) is 0 Å². The minimum absolute atomic E-state index is 0.0726. The van der Waals surface area contributed by atoms with Gasteiger partial charge in [0.05, 0.1) is 34.7 Å². The summed E-state index contributed by atoms with van der Waals surface area (Å²) in [6.45, 7) is 0.738. The summed E-state index contributed by atoms with van der Waals surface area (Å²) >= 11 is 0. The van der Waals surface area contributed by atoms with E-state index in [2.05, 4.69) is 20.7 Å². The van der Waals surface area contributed by atoms with Crippen LogP contribution in [0.25, 0.3) is 5.69 Å². The summed E-state index contributed by atoms with van der Waals surface area (Å²) in [5.74, 6) is -1.21. The summed E-state index contributed by atoms with van der Waals surface area (Å²) in [5.41, 5.74) is -0.424. The number of anilines is 1. The number of alkyl halides is 3. The monoisotopic (exact) mass is 534 g/mol. The second-order valence-electron chi connectivity index (χ2n) is 9.22. The molecule has 1 fully saturated rings. The van der Waals surface area contributed by atoms with Gasteiger partial charge in [0.25, 0.3) is 5.91 Å². The van der Waals surface area contributed by atoms with E-state index in [1.54, 1.807) is 18.3 Å². The van der Waals surface area contributed by atoms with Gasteiger partial charge < -0.3 is 10.6 Å². The predicted octanol–water partition coefficient (Wildman–Crippen LogP) is 5.64. The number of hydrogen-bond donors (Lipinski definition) is 2. The highest BCUT2D eigenvalue weighted by Gasteiger charge is 2.36. The summed E-state index contributed by atoms with van der Waals surface area (Å²) in [6.07, 6.45) is -0.940. The van der Waals surface area contributed by atoms with Crippen LogP contribution in [0.15, 0.2) is 72.9 Å². The Morgan fingerprint density at radius 1 is 1.10 bits per heavy atom. The van der Waals surface area contributed by atoms with Crippen LogP contribution in [0.3, 0.4) is 0 Å². The Balaban J connectivity index is 1.49. The fourth-order valence-corrected chi connectivity index (χ4v) is 4.14. The van der Waals surface area contributed by atoms with Crippen LogP contribution in [-0.4, -0.2) is 27.2 Å². The molecule has 11 heteroatoms. The number of nitrogens with zero attached hydrogens (tertiary/aromatic N) is 4. The summed E-state index contributed by atoms with van der Waals surface area (Å²) in [7, 11) is 0. The third-order valence-corrected chi connectivity index (χ3v) is 6.32. The smallest absolute Gasteiger partial charge is 0.318 e. The number of nitriles is 1. The molecule has 39 heavy (non-hydrogen) atoms. The van der Waals surface area contributed by atoms with Gasteiger partial charge in [0.1, 0.15) is 11.5 Å². The van der Waals surface area contributed by atoms with Crippen LogP contribution in [0.5, 0.6) is 0 Å². The average molecular weight is 535 g/mol. The highest BCUT2D eigenvalue weighted by atomic mass is 19.4. The highest BCUT2D eigenvalue weighted by Crippen LogP contribution is 2.32. The molecule has 4 aromatic rings. The summed E-state index contributed by atoms with van der Waals surface area (Å²) in [4.78, 5) is 17.6. The van der Waals surface area contributed by atoms with Gasteiger partial charge in [-0.2, -0.15) is 23.5 Å². The van der Waals surface area contributed by atoms with E-state index in [4.69, 9.17) is 0 Å². The first kappa shape index (κ1) is 26.1. The molecule has 2 N–H and O–H groups in total. The zero-order valence-corrected chi connectivity index (χ0v) is 20.4. The molecule has 2 heterocycles. The topological polar surface area (TPSA) is 95.6 Å². The van der Waals surface area contributed by atoms with E-state index >= 15 is 0 Å². The molecule has 7 nitrogen and oxygen atoms in total. The molecule has 2 aromatic heterocycles. The third-order valence-electron chi connectivity index (χ3n) is 6.32. The number of rotatable bonds is 8. The van der Waals surface area contributed by atoms with E-state index in [0.29, 0.717) is 23.2 Å². The van der Waals surface area contributed by atoms with Crippen molar-refractivity contribution >= 4 is 11.6 Å². The van der Waals surface area contributed by atoms with Crippen LogP contribution >= 0.6 is 0 Å². The molecule has 1 aliphatic carbocycles. The van der Waals surface area contributed by atoms with E-state index in [1.807, 2.05) is 18.2 Å². The number of aromatic nitrogens is 3. The van der Waals surface area contributed by atoms with Crippen molar-refractivity contribution in [3.8, 4) is 11.8 Å². The number of hydrogen-bond acceptors (Lipinski definition) is 5. The lowest BCUT2D eigenvalue weighted by Crippen LogP contribution is -2.25. The van der Waals surface area contributed by atoms with Crippen LogP contribution in [0, 0.1) is 23.1 Å². The Hall–Kier alpha value is -4.56. The van der Waals surface area contributed by atoms with Crippen LogP contribution in [0.4, 0.5) is 23.2 Å². The molecule has 0 radical (unpaired) electrons. The minimum Gasteiger partial charge on any atom is -0.318 e. The van der Waals surface area contributed by atoms with Crippen molar-refractivity contribution in [2.24, 2.45) is 5.92 Å². The molecular formula is C28H22F4N6O. The molecule has 1 saturated carbocycles. The van der Waals surface area contributed by atoms with Gasteiger partial charge >= 0.3 is 6.18 Å². The first-order valence-corrected chi connectivity index (χ1v) is 12.2. The fourth-order valence-electron chi connectivity index (χ4n) is 4.14. The van der Waals surface area contributed by atoms with E-state index in [-0.39, 0.29) is 23.0 Å². The Labute approximate surface area is 221 Å². The van der Waals surface area contributed by atoms with Gasteiger partial charge in [-0.05, 0) is 73.3 Å². The van der Waals surface area contributed by atoms with E-state index in [1.165, 1.54) is 36.4 Å². The van der Waals surface area contributed by atoms with Crippen LogP contribution < -0.4 is 10.6 Å². The molecule has 1 aliphatic rings. The number of nitrogens with one attached hydrogen (secondary N) is 2. The van der Waals surface area contributed by atoms with Gasteiger partial charge in [0.15, 0.2) is 5.69 Å². The molecule has 0 spiro atoms. The zero-order valence-electron chi connectivity index (χ0n) is 20.4. The first-order chi connectivity index (χ1) is 18.7. The Bertz CT molecular complexity index is 1540. The van der Waals surface area contributed by atoms with Crippen LogP contribution in [-0.2, 0) is 6.18 Å². The molecule has 1 amide bonds. The van der Waals surface area contributed by atoms with Gasteiger partial charge in [0.2, 0.25) is 0 Å². The van der Waals surface area contributed by atoms with Gasteiger partial charge in [-0.1, -0.05) is 18.2 Å². The van der Waals surface area contributed by atoms with Crippen molar-refractivity contribution in [1.29, 1.82) is 5.26 Å². The van der Waals surface area contributed by atoms with E-state index < -0.39 is 29.3 Å². The molecule has 198 valence electrons. The van der Waals surface area contributed by atoms with Crippen LogP contribution in [0.1, 0.15) is 51.9 Å². The van der Waals surface area contributed by atoms with Crippen molar-refractivity contribution < 1.29 is 22.4 Å². The maximum atomic E-state index is 14.9. The molecule has 0 saturated heterocycles. The molecule has 0 aliphatic heterocycles. The number of halogens is 4. The summed E-state index contributed by atoms with van der Waals surface area (Å²) < 4.78 is 56.2. The van der Waals surface area contributed by atoms with Gasteiger partial charge in [0, 0.05) is 12.3 Å². The maximum absolute atomic E-state index is 14.9. The van der Waals surface area contributed by atoms with Crippen molar-refractivity contribution in [3.05, 3.63) is 107 Å². The van der Waals surface area contributed by atoms with Gasteiger partial charge in [-0.25, -0.2) is 9.07 Å². The SMILES string of the molecule is N#Cc1cccc(-n2nc(C(F)(F)F)cc2C(=O)Nc2cc(C(NCC3CC3)c3ccccn3)ccc2F)c1. The van der Waals surface area contributed by atoms with E-state index in [0.717, 1.165) is 24.1 Å². The molecule has 0 bridgehead atoms. The molecule has 1 unspecified atom stereocenters. The van der Waals surface area contributed by atoms with Gasteiger partial charge in [-0.3, -0.25) is 9.78 Å². The highest BCUT2D eigenvalue weighted by molar-refractivity contribution is 6.03. The predicted molar refractivity (Wildman–Crippen MR) is 134 cm³/mol. The Morgan fingerprint density at radius 2 is 1.92 bits per heavy atom. The zero-order chi connectivity index (χ0) is 27.6. The average Bonchev–Trinajstić information content (AvgIpc) is 3.64. The maximum Gasteiger partial charge on any atom is 0.435 e. The molecular weight excluding hydrogens is 512 g/mol. The normalized spacial score (nSPS) is 14.0. The number of amides is 1. The van der Waals surface area contributed by atoms with E-state index in [9.17, 15) is 27.6 Å². The number of carbonyl (C=O) groups is 1. The second-order valence-corrected chi connectivity index (χ2v) is 9.22. The molecule has 2 aromatic carbocycles.